The fourth-order valence-corrected chi connectivity index (χ4v) is 3.43. The van der Waals surface area contributed by atoms with Gasteiger partial charge in [0.2, 0.25) is 0 Å². The Morgan fingerprint density at radius 2 is 2.03 bits per heavy atom. The van der Waals surface area contributed by atoms with E-state index in [2.05, 4.69) is 20.3 Å². The van der Waals surface area contributed by atoms with Gasteiger partial charge in [-0.1, -0.05) is 0 Å². The largest absolute Gasteiger partial charge is 0.496 e. The van der Waals surface area contributed by atoms with Crippen molar-refractivity contribution in [3.05, 3.63) is 74.4 Å². The maximum atomic E-state index is 13.5. The van der Waals surface area contributed by atoms with Gasteiger partial charge in [-0.3, -0.25) is 20.2 Å². The predicted octanol–water partition coefficient (Wildman–Crippen LogP) is 2.93. The van der Waals surface area contributed by atoms with Crippen molar-refractivity contribution in [2.45, 2.75) is 6.61 Å². The van der Waals surface area contributed by atoms with E-state index in [9.17, 15) is 24.1 Å². The number of benzene rings is 2. The van der Waals surface area contributed by atoms with Crippen LogP contribution in [0.2, 0.25) is 0 Å². The average molecular weight is 488 g/mol. The van der Waals surface area contributed by atoms with E-state index in [1.165, 1.54) is 20.4 Å². The molecule has 1 amide bonds. The number of ether oxygens (including phenoxy) is 3. The quantitative estimate of drug-likeness (QED) is 0.197. The van der Waals surface area contributed by atoms with Crippen LogP contribution in [-0.4, -0.2) is 42.4 Å². The molecule has 0 aliphatic carbocycles. The minimum absolute atomic E-state index is 0.121. The standard InChI is InChI=1S/C21H17FN4O7S/c1-31-16-6-3-12(10-23-25-21-24-20(28)18(34-21)9-19(27)32-2)7-13(16)11-33-17-8-14(22)4-5-15(17)26(29)30/h3-10H,11H2,1-2H3,(H,24,25,28)/b18-9+,23-10?. The first-order valence-corrected chi connectivity index (χ1v) is 10.3. The lowest BCUT2D eigenvalue weighted by Crippen LogP contribution is -2.19. The highest BCUT2D eigenvalue weighted by Gasteiger charge is 2.25. The zero-order chi connectivity index (χ0) is 24.7. The Balaban J connectivity index is 1.74. The smallest absolute Gasteiger partial charge is 0.331 e. The second-order valence-corrected chi connectivity index (χ2v) is 7.50. The molecule has 1 aliphatic heterocycles. The molecule has 1 heterocycles. The lowest BCUT2D eigenvalue weighted by molar-refractivity contribution is -0.386. The Hall–Kier alpha value is -4.26. The zero-order valence-corrected chi connectivity index (χ0v) is 18.6. The summed E-state index contributed by atoms with van der Waals surface area (Å²) in [4.78, 5) is 33.7. The molecular formula is C21H17FN4O7S. The van der Waals surface area contributed by atoms with Gasteiger partial charge < -0.3 is 14.2 Å². The number of amidine groups is 1. The summed E-state index contributed by atoms with van der Waals surface area (Å²) in [5.41, 5.74) is 0.729. The number of halogens is 1. The molecule has 0 unspecified atom stereocenters. The van der Waals surface area contributed by atoms with Crippen LogP contribution in [0, 0.1) is 15.9 Å². The lowest BCUT2D eigenvalue weighted by atomic mass is 10.1. The number of methoxy groups -OCH3 is 2. The first-order valence-electron chi connectivity index (χ1n) is 9.44. The molecule has 34 heavy (non-hydrogen) atoms. The number of nitro groups is 1. The molecule has 1 fully saturated rings. The average Bonchev–Trinajstić information content (AvgIpc) is 3.16. The third-order valence-electron chi connectivity index (χ3n) is 4.26. The number of hydrogen-bond donors (Lipinski definition) is 1. The van der Waals surface area contributed by atoms with E-state index in [1.807, 2.05) is 0 Å². The van der Waals surface area contributed by atoms with Crippen molar-refractivity contribution in [3.8, 4) is 11.5 Å². The van der Waals surface area contributed by atoms with Gasteiger partial charge in [-0.2, -0.15) is 5.10 Å². The molecule has 0 atom stereocenters. The molecule has 0 radical (unpaired) electrons. The third-order valence-corrected chi connectivity index (χ3v) is 5.16. The number of nitrogens with zero attached hydrogens (tertiary/aromatic N) is 3. The van der Waals surface area contributed by atoms with E-state index < -0.39 is 22.6 Å². The van der Waals surface area contributed by atoms with Crippen LogP contribution in [0.1, 0.15) is 11.1 Å². The van der Waals surface area contributed by atoms with Gasteiger partial charge in [0.05, 0.1) is 30.3 Å². The Bertz CT molecular complexity index is 1230. The van der Waals surface area contributed by atoms with Crippen LogP contribution in [0.15, 0.2) is 57.6 Å². The maximum absolute atomic E-state index is 13.5. The molecule has 1 aliphatic rings. The molecule has 0 saturated carbocycles. The molecule has 0 spiro atoms. The monoisotopic (exact) mass is 488 g/mol. The fraction of sp³-hybridized carbons (Fsp3) is 0.143. The van der Waals surface area contributed by atoms with Crippen LogP contribution in [-0.2, 0) is 20.9 Å². The highest BCUT2D eigenvalue weighted by Crippen LogP contribution is 2.30. The molecule has 11 nitrogen and oxygen atoms in total. The van der Waals surface area contributed by atoms with E-state index in [1.54, 1.807) is 18.2 Å². The number of esters is 1. The van der Waals surface area contributed by atoms with Crippen molar-refractivity contribution in [2.24, 2.45) is 10.2 Å². The van der Waals surface area contributed by atoms with Crippen molar-refractivity contribution in [1.29, 1.82) is 0 Å². The van der Waals surface area contributed by atoms with E-state index in [4.69, 9.17) is 9.47 Å². The molecular weight excluding hydrogens is 471 g/mol. The van der Waals surface area contributed by atoms with Gasteiger partial charge in [-0.15, -0.1) is 5.10 Å². The molecule has 176 valence electrons. The number of amides is 1. The van der Waals surface area contributed by atoms with Crippen molar-refractivity contribution in [2.75, 3.05) is 14.2 Å². The summed E-state index contributed by atoms with van der Waals surface area (Å²) in [5.74, 6) is -1.62. The van der Waals surface area contributed by atoms with Crippen molar-refractivity contribution in [3.63, 3.8) is 0 Å². The summed E-state index contributed by atoms with van der Waals surface area (Å²) in [6.45, 7) is -0.142. The SMILES string of the molecule is COC(=O)/C=C1/S/C(=N\N=Cc2ccc(OC)c(COc3cc(F)ccc3[N+](=O)[O-])c2)NC1=O. The van der Waals surface area contributed by atoms with E-state index in [0.717, 1.165) is 36.0 Å². The Morgan fingerprint density at radius 1 is 1.24 bits per heavy atom. The fourth-order valence-electron chi connectivity index (χ4n) is 2.69. The van der Waals surface area contributed by atoms with E-state index in [0.29, 0.717) is 16.9 Å². The first kappa shape index (κ1) is 24.4. The van der Waals surface area contributed by atoms with Crippen molar-refractivity contribution >= 4 is 40.7 Å². The third kappa shape index (κ3) is 6.16. The van der Waals surface area contributed by atoms with Crippen LogP contribution in [0.3, 0.4) is 0 Å². The Labute approximate surface area is 196 Å². The van der Waals surface area contributed by atoms with Gasteiger partial charge in [0.15, 0.2) is 10.9 Å². The molecule has 3 rings (SSSR count). The predicted molar refractivity (Wildman–Crippen MR) is 121 cm³/mol. The van der Waals surface area contributed by atoms with Gasteiger partial charge in [-0.05, 0) is 41.6 Å². The lowest BCUT2D eigenvalue weighted by Gasteiger charge is -2.11. The van der Waals surface area contributed by atoms with Crippen LogP contribution in [0.25, 0.3) is 0 Å². The summed E-state index contributed by atoms with van der Waals surface area (Å²) < 4.78 is 28.8. The number of hydrogen-bond acceptors (Lipinski definition) is 10. The van der Waals surface area contributed by atoms with Gasteiger partial charge in [0.25, 0.3) is 5.91 Å². The highest BCUT2D eigenvalue weighted by atomic mass is 32.2. The number of carbonyl (C=O) groups excluding carboxylic acids is 2. The van der Waals surface area contributed by atoms with Gasteiger partial charge >= 0.3 is 11.7 Å². The number of thioether (sulfide) groups is 1. The minimum atomic E-state index is -0.672. The van der Waals surface area contributed by atoms with Crippen molar-refractivity contribution < 1.29 is 33.1 Å². The van der Waals surface area contributed by atoms with Gasteiger partial charge in [0.1, 0.15) is 18.2 Å². The Kier molecular flexibility index (Phi) is 7.92. The summed E-state index contributed by atoms with van der Waals surface area (Å²) in [6, 6.07) is 7.90. The first-order chi connectivity index (χ1) is 16.3. The number of carbonyl (C=O) groups is 2. The van der Waals surface area contributed by atoms with E-state index in [-0.39, 0.29) is 28.1 Å². The normalized spacial score (nSPS) is 15.6. The summed E-state index contributed by atoms with van der Waals surface area (Å²) in [5, 5.41) is 21.6. The van der Waals surface area contributed by atoms with Crippen molar-refractivity contribution in [1.82, 2.24) is 5.32 Å². The Morgan fingerprint density at radius 3 is 2.74 bits per heavy atom. The molecule has 1 N–H and O–H groups in total. The van der Waals surface area contributed by atoms with Crippen LogP contribution < -0.4 is 14.8 Å². The van der Waals surface area contributed by atoms with E-state index >= 15 is 0 Å². The zero-order valence-electron chi connectivity index (χ0n) is 17.8. The molecule has 2 aromatic rings. The van der Waals surface area contributed by atoms with Crippen LogP contribution in [0.4, 0.5) is 10.1 Å². The summed E-state index contributed by atoms with van der Waals surface area (Å²) >= 11 is 0.928. The number of nitrogens with one attached hydrogen (secondary N) is 1. The van der Waals surface area contributed by atoms with Crippen LogP contribution in [0.5, 0.6) is 11.5 Å². The molecule has 2 aromatic carbocycles. The van der Waals surface area contributed by atoms with Gasteiger partial charge in [0, 0.05) is 23.8 Å². The molecule has 0 bridgehead atoms. The topological polar surface area (TPSA) is 142 Å². The molecule has 13 heteroatoms. The number of nitro benzene ring substituents is 1. The maximum Gasteiger partial charge on any atom is 0.331 e. The van der Waals surface area contributed by atoms with Gasteiger partial charge in [-0.25, -0.2) is 9.18 Å². The number of rotatable bonds is 8. The van der Waals surface area contributed by atoms with Crippen LogP contribution >= 0.6 is 11.8 Å². The summed E-state index contributed by atoms with van der Waals surface area (Å²) in [7, 11) is 2.65. The minimum Gasteiger partial charge on any atom is -0.496 e. The second-order valence-electron chi connectivity index (χ2n) is 6.47. The molecule has 0 aromatic heterocycles. The second kappa shape index (κ2) is 11.0. The summed E-state index contributed by atoms with van der Waals surface area (Å²) in [6.07, 6.45) is 2.44. The highest BCUT2D eigenvalue weighted by molar-refractivity contribution is 8.18. The molecule has 1 saturated heterocycles.